The number of amides is 1. The number of nitrogens with zero attached hydrogens (tertiary/aromatic N) is 2. The molecule has 9 nitrogen and oxygen atoms in total. The van der Waals surface area contributed by atoms with E-state index in [1.807, 2.05) is 0 Å². The Morgan fingerprint density at radius 1 is 1.35 bits per heavy atom. The van der Waals surface area contributed by atoms with Crippen LogP contribution in [0.1, 0.15) is 24.1 Å². The molecule has 12 heteroatoms. The van der Waals surface area contributed by atoms with Crippen LogP contribution in [-0.4, -0.2) is 54.9 Å². The zero-order valence-electron chi connectivity index (χ0n) is 18.7. The highest BCUT2D eigenvalue weighted by molar-refractivity contribution is 7.90. The number of aryl methyl sites for hydroxylation is 1. The Labute approximate surface area is 201 Å². The fourth-order valence-electron chi connectivity index (χ4n) is 4.17. The number of H-pyrrole nitrogens is 1. The highest BCUT2D eigenvalue weighted by Gasteiger charge is 2.29. The highest BCUT2D eigenvalue weighted by Crippen LogP contribution is 2.37. The number of anilines is 2. The van der Waals surface area contributed by atoms with Gasteiger partial charge in [0.15, 0.2) is 0 Å². The van der Waals surface area contributed by atoms with E-state index in [1.54, 1.807) is 0 Å². The summed E-state index contributed by atoms with van der Waals surface area (Å²) >= 11 is 5.97. The molecule has 0 bridgehead atoms. The van der Waals surface area contributed by atoms with Crippen molar-refractivity contribution in [3.8, 4) is 5.75 Å². The molecule has 1 atom stereocenters. The molecule has 34 heavy (non-hydrogen) atoms. The largest absolute Gasteiger partial charge is 0.494 e. The first-order valence-electron chi connectivity index (χ1n) is 10.8. The molecule has 2 aromatic heterocycles. The molecule has 0 saturated carbocycles. The minimum absolute atomic E-state index is 0.0355. The SMILES string of the molecule is COc1cc(F)c(Cl)cc1Nc1ncnc2[nH]c3c(c12)C[C@@H](C(=O)NCCCS(C)(=O)=O)CC3. The van der Waals surface area contributed by atoms with Crippen molar-refractivity contribution in [2.45, 2.75) is 25.7 Å². The van der Waals surface area contributed by atoms with Crippen LogP contribution in [0.5, 0.6) is 5.75 Å². The number of rotatable bonds is 8. The molecule has 1 aliphatic rings. The van der Waals surface area contributed by atoms with E-state index < -0.39 is 15.7 Å². The number of carbonyl (C=O) groups excluding carboxylic acids is 1. The van der Waals surface area contributed by atoms with Crippen LogP contribution in [0.15, 0.2) is 18.5 Å². The lowest BCUT2D eigenvalue weighted by atomic mass is 9.86. The maximum atomic E-state index is 13.9. The number of hydrogen-bond donors (Lipinski definition) is 3. The molecule has 0 saturated heterocycles. The first kappa shape index (κ1) is 24.2. The highest BCUT2D eigenvalue weighted by atomic mass is 35.5. The van der Waals surface area contributed by atoms with Crippen molar-refractivity contribution < 1.29 is 22.3 Å². The van der Waals surface area contributed by atoms with Crippen LogP contribution in [0.2, 0.25) is 5.02 Å². The molecule has 1 aromatic carbocycles. The van der Waals surface area contributed by atoms with E-state index in [9.17, 15) is 17.6 Å². The van der Waals surface area contributed by atoms with Gasteiger partial charge in [-0.1, -0.05) is 11.6 Å². The fourth-order valence-corrected chi connectivity index (χ4v) is 5.01. The molecule has 1 aliphatic carbocycles. The predicted octanol–water partition coefficient (Wildman–Crippen LogP) is 3.16. The third-order valence-electron chi connectivity index (χ3n) is 5.83. The van der Waals surface area contributed by atoms with Crippen LogP contribution in [-0.2, 0) is 27.5 Å². The van der Waals surface area contributed by atoms with Crippen molar-refractivity contribution >= 4 is 49.9 Å². The Kier molecular flexibility index (Phi) is 6.94. The van der Waals surface area contributed by atoms with Gasteiger partial charge >= 0.3 is 0 Å². The number of aromatic nitrogens is 3. The monoisotopic (exact) mass is 509 g/mol. The second-order valence-electron chi connectivity index (χ2n) is 8.33. The van der Waals surface area contributed by atoms with Gasteiger partial charge in [-0.2, -0.15) is 0 Å². The van der Waals surface area contributed by atoms with E-state index >= 15 is 0 Å². The van der Waals surface area contributed by atoms with Crippen LogP contribution in [0.4, 0.5) is 15.9 Å². The van der Waals surface area contributed by atoms with E-state index in [0.717, 1.165) is 16.6 Å². The average molecular weight is 510 g/mol. The Hall–Kier alpha value is -2.92. The number of fused-ring (bicyclic) bond motifs is 3. The third-order valence-corrected chi connectivity index (χ3v) is 7.15. The van der Waals surface area contributed by atoms with E-state index in [0.29, 0.717) is 49.4 Å². The second kappa shape index (κ2) is 9.75. The first-order chi connectivity index (χ1) is 16.2. The van der Waals surface area contributed by atoms with Crippen molar-refractivity contribution in [2.24, 2.45) is 5.92 Å². The summed E-state index contributed by atoms with van der Waals surface area (Å²) in [5.41, 5.74) is 3.00. The van der Waals surface area contributed by atoms with E-state index in [-0.39, 0.29) is 28.4 Å². The molecule has 0 aliphatic heterocycles. The smallest absolute Gasteiger partial charge is 0.223 e. The van der Waals surface area contributed by atoms with Crippen molar-refractivity contribution in [1.82, 2.24) is 20.3 Å². The number of hydrogen-bond acceptors (Lipinski definition) is 7. The molecular formula is C22H25ClFN5O4S. The molecule has 0 radical (unpaired) electrons. The average Bonchev–Trinajstić information content (AvgIpc) is 3.17. The standard InChI is InChI=1S/C22H25ClFN5O4S/c1-33-18-10-15(24)14(23)9-17(18)29-21-19-13-8-12(22(30)25-6-3-7-34(2,31)32)4-5-16(13)28-20(19)26-11-27-21/h9-12H,3-8H2,1-2H3,(H,25,30)(H2,26,27,28,29)/t12-/m0/s1. The van der Waals surface area contributed by atoms with Crippen molar-refractivity contribution in [3.63, 3.8) is 0 Å². The van der Waals surface area contributed by atoms with Crippen LogP contribution >= 0.6 is 11.6 Å². The number of carbonyl (C=O) groups is 1. The lowest BCUT2D eigenvalue weighted by Crippen LogP contribution is -2.35. The summed E-state index contributed by atoms with van der Waals surface area (Å²) in [7, 11) is -1.63. The van der Waals surface area contributed by atoms with Gasteiger partial charge in [-0.15, -0.1) is 0 Å². The Morgan fingerprint density at radius 2 is 2.15 bits per heavy atom. The number of sulfone groups is 1. The molecule has 1 amide bonds. The summed E-state index contributed by atoms with van der Waals surface area (Å²) < 4.78 is 41.7. The van der Waals surface area contributed by atoms with Crippen LogP contribution in [0, 0.1) is 11.7 Å². The fraction of sp³-hybridized carbons (Fsp3) is 0.409. The number of ether oxygens (including phenoxy) is 1. The quantitative estimate of drug-likeness (QED) is 0.398. The van der Waals surface area contributed by atoms with Crippen molar-refractivity contribution in [3.05, 3.63) is 40.6 Å². The molecule has 0 spiro atoms. The van der Waals surface area contributed by atoms with E-state index in [4.69, 9.17) is 16.3 Å². The number of benzene rings is 1. The number of halogens is 2. The minimum Gasteiger partial charge on any atom is -0.494 e. The molecule has 2 heterocycles. The summed E-state index contributed by atoms with van der Waals surface area (Å²) in [6.07, 6.45) is 4.78. The van der Waals surface area contributed by atoms with Gasteiger partial charge in [-0.05, 0) is 37.3 Å². The molecule has 4 rings (SSSR count). The minimum atomic E-state index is -3.06. The number of aromatic amines is 1. The van der Waals surface area contributed by atoms with Crippen LogP contribution in [0.3, 0.4) is 0 Å². The third kappa shape index (κ3) is 5.25. The summed E-state index contributed by atoms with van der Waals surface area (Å²) in [5, 5.41) is 6.70. The Balaban J connectivity index is 1.57. The number of methoxy groups -OCH3 is 1. The molecule has 182 valence electrons. The van der Waals surface area contributed by atoms with E-state index in [2.05, 4.69) is 25.6 Å². The molecular weight excluding hydrogens is 485 g/mol. The van der Waals surface area contributed by atoms with Crippen LogP contribution in [0.25, 0.3) is 11.0 Å². The summed E-state index contributed by atoms with van der Waals surface area (Å²) in [6, 6.07) is 2.62. The summed E-state index contributed by atoms with van der Waals surface area (Å²) in [4.78, 5) is 24.8. The lowest BCUT2D eigenvalue weighted by Gasteiger charge is -2.22. The van der Waals surface area contributed by atoms with Gasteiger partial charge in [-0.25, -0.2) is 22.8 Å². The second-order valence-corrected chi connectivity index (χ2v) is 11.0. The van der Waals surface area contributed by atoms with Gasteiger partial charge in [0.1, 0.15) is 39.2 Å². The van der Waals surface area contributed by atoms with E-state index in [1.165, 1.54) is 31.8 Å². The van der Waals surface area contributed by atoms with Gasteiger partial charge in [0.2, 0.25) is 5.91 Å². The van der Waals surface area contributed by atoms with Gasteiger partial charge in [-0.3, -0.25) is 4.79 Å². The van der Waals surface area contributed by atoms with Gasteiger partial charge < -0.3 is 20.4 Å². The molecule has 3 N–H and O–H groups in total. The zero-order valence-corrected chi connectivity index (χ0v) is 20.3. The zero-order chi connectivity index (χ0) is 24.5. The normalized spacial score (nSPS) is 15.7. The van der Waals surface area contributed by atoms with Gasteiger partial charge in [0.25, 0.3) is 0 Å². The van der Waals surface area contributed by atoms with Crippen molar-refractivity contribution in [1.29, 1.82) is 0 Å². The Bertz CT molecular complexity index is 1340. The van der Waals surface area contributed by atoms with Crippen molar-refractivity contribution in [2.75, 3.05) is 31.0 Å². The van der Waals surface area contributed by atoms with Crippen LogP contribution < -0.4 is 15.4 Å². The topological polar surface area (TPSA) is 126 Å². The van der Waals surface area contributed by atoms with Gasteiger partial charge in [0.05, 0.1) is 29.0 Å². The lowest BCUT2D eigenvalue weighted by molar-refractivity contribution is -0.125. The molecule has 0 unspecified atom stereocenters. The maximum Gasteiger partial charge on any atom is 0.223 e. The predicted molar refractivity (Wildman–Crippen MR) is 128 cm³/mol. The maximum absolute atomic E-state index is 13.9. The molecule has 0 fully saturated rings. The summed E-state index contributed by atoms with van der Waals surface area (Å²) in [5.74, 6) is -0.170. The molecule has 3 aromatic rings. The Morgan fingerprint density at radius 3 is 2.88 bits per heavy atom. The summed E-state index contributed by atoms with van der Waals surface area (Å²) in [6.45, 7) is 0.310. The van der Waals surface area contributed by atoms with Gasteiger partial charge in [0, 0.05) is 30.5 Å². The number of nitrogens with one attached hydrogen (secondary N) is 3. The first-order valence-corrected chi connectivity index (χ1v) is 13.2.